The smallest absolute Gasteiger partial charge is 0.127 e. The first-order valence-corrected chi connectivity index (χ1v) is 6.53. The van der Waals surface area contributed by atoms with Gasteiger partial charge in [-0.15, -0.1) is 0 Å². The number of carbonyl (C=O) groups excluding carboxylic acids is 1. The van der Waals surface area contributed by atoms with Crippen molar-refractivity contribution in [2.24, 2.45) is 0 Å². The fourth-order valence-corrected chi connectivity index (χ4v) is 3.19. The lowest BCUT2D eigenvalue weighted by Gasteiger charge is -2.20. The van der Waals surface area contributed by atoms with E-state index in [1.165, 1.54) is 16.6 Å². The summed E-state index contributed by atoms with van der Waals surface area (Å²) in [5.74, 6) is 0.0265. The Kier molecular flexibility index (Phi) is 2.92. The van der Waals surface area contributed by atoms with E-state index < -0.39 is 0 Å². The monoisotopic (exact) mass is 243 g/mol. The van der Waals surface area contributed by atoms with Gasteiger partial charge in [0.1, 0.15) is 6.29 Å². The summed E-state index contributed by atoms with van der Waals surface area (Å²) in [6, 6.07) is 8.19. The lowest BCUT2D eigenvalue weighted by Crippen LogP contribution is -2.14. The molecule has 0 fully saturated rings. The molecule has 2 aromatic rings. The number of aromatic nitrogens is 1. The fourth-order valence-electron chi connectivity index (χ4n) is 3.19. The van der Waals surface area contributed by atoms with E-state index in [1.807, 2.05) is 12.1 Å². The molecule has 1 heterocycles. The zero-order valence-corrected chi connectivity index (χ0v) is 10.3. The molecule has 0 radical (unpaired) electrons. The molecular formula is C15H17NO2. The number of carbonyl (C=O) groups is 1. The first kappa shape index (κ1) is 11.5. The van der Waals surface area contributed by atoms with Gasteiger partial charge in [-0.1, -0.05) is 18.2 Å². The van der Waals surface area contributed by atoms with E-state index in [9.17, 15) is 9.90 Å². The molecule has 1 N–H and O–H groups in total. The Morgan fingerprint density at radius 1 is 1.39 bits per heavy atom. The van der Waals surface area contributed by atoms with Crippen LogP contribution in [-0.2, 0) is 17.8 Å². The summed E-state index contributed by atoms with van der Waals surface area (Å²) in [4.78, 5) is 11.3. The number of hydrogen-bond donors (Lipinski definition) is 1. The van der Waals surface area contributed by atoms with E-state index >= 15 is 0 Å². The molecule has 0 saturated carbocycles. The van der Waals surface area contributed by atoms with Gasteiger partial charge in [-0.2, -0.15) is 0 Å². The van der Waals surface area contributed by atoms with Crippen LogP contribution in [0.15, 0.2) is 24.3 Å². The van der Waals surface area contributed by atoms with Crippen molar-refractivity contribution in [3.05, 3.63) is 35.5 Å². The molecule has 0 saturated heterocycles. The minimum Gasteiger partial charge on any atom is -0.395 e. The number of benzene rings is 1. The third-order valence-electron chi connectivity index (χ3n) is 3.91. The Morgan fingerprint density at radius 3 is 3.00 bits per heavy atom. The molecule has 0 bridgehead atoms. The average Bonchev–Trinajstić information content (AvgIpc) is 2.74. The average molecular weight is 243 g/mol. The van der Waals surface area contributed by atoms with Gasteiger partial charge in [0.05, 0.1) is 6.61 Å². The Balaban J connectivity index is 2.30. The molecule has 94 valence electrons. The maximum Gasteiger partial charge on any atom is 0.127 e. The van der Waals surface area contributed by atoms with Crippen LogP contribution in [0.25, 0.3) is 10.9 Å². The van der Waals surface area contributed by atoms with E-state index in [4.69, 9.17) is 0 Å². The lowest BCUT2D eigenvalue weighted by molar-refractivity contribution is -0.109. The van der Waals surface area contributed by atoms with Crippen molar-refractivity contribution in [3.8, 4) is 0 Å². The van der Waals surface area contributed by atoms with Gasteiger partial charge in [-0.05, 0) is 30.9 Å². The molecule has 0 aliphatic heterocycles. The molecule has 3 nitrogen and oxygen atoms in total. The van der Waals surface area contributed by atoms with Gasteiger partial charge in [-0.25, -0.2) is 0 Å². The summed E-state index contributed by atoms with van der Waals surface area (Å²) in [6.45, 7) is 0.748. The highest BCUT2D eigenvalue weighted by Gasteiger charge is 2.26. The predicted molar refractivity (Wildman–Crippen MR) is 70.8 cm³/mol. The second-order valence-corrected chi connectivity index (χ2v) is 4.89. The zero-order valence-electron chi connectivity index (χ0n) is 10.3. The van der Waals surface area contributed by atoms with Gasteiger partial charge in [0, 0.05) is 29.1 Å². The summed E-state index contributed by atoms with van der Waals surface area (Å²) < 4.78 is 2.18. The normalized spacial score (nSPS) is 18.8. The molecule has 1 aromatic heterocycles. The standard InChI is InChI=1S/C15H17NO2/c17-9-8-16-13-6-2-1-5-12(13)15-11(10-18)4-3-7-14(15)16/h1-2,5-6,10-11,17H,3-4,7-9H2. The molecular weight excluding hydrogens is 226 g/mol. The number of aliphatic hydroxyl groups is 1. The van der Waals surface area contributed by atoms with E-state index in [-0.39, 0.29) is 12.5 Å². The Hall–Kier alpha value is -1.61. The van der Waals surface area contributed by atoms with Gasteiger partial charge in [-0.3, -0.25) is 0 Å². The van der Waals surface area contributed by atoms with Crippen LogP contribution >= 0.6 is 0 Å². The van der Waals surface area contributed by atoms with E-state index in [0.29, 0.717) is 6.54 Å². The fraction of sp³-hybridized carbons (Fsp3) is 0.400. The van der Waals surface area contributed by atoms with Crippen LogP contribution in [0.1, 0.15) is 30.0 Å². The summed E-state index contributed by atoms with van der Waals surface area (Å²) in [7, 11) is 0. The van der Waals surface area contributed by atoms with Crippen molar-refractivity contribution in [1.29, 1.82) is 0 Å². The number of hydrogen-bond acceptors (Lipinski definition) is 2. The quantitative estimate of drug-likeness (QED) is 0.840. The minimum atomic E-state index is 0.0265. The number of aldehydes is 1. The third-order valence-corrected chi connectivity index (χ3v) is 3.91. The van der Waals surface area contributed by atoms with Crippen molar-refractivity contribution in [3.63, 3.8) is 0 Å². The molecule has 1 atom stereocenters. The Labute approximate surface area is 106 Å². The summed E-state index contributed by atoms with van der Waals surface area (Å²) in [5.41, 5.74) is 3.58. The first-order valence-electron chi connectivity index (χ1n) is 6.53. The molecule has 1 aliphatic rings. The van der Waals surface area contributed by atoms with Crippen LogP contribution in [0.2, 0.25) is 0 Å². The molecule has 18 heavy (non-hydrogen) atoms. The molecule has 1 unspecified atom stereocenters. The number of nitrogens with zero attached hydrogens (tertiary/aromatic N) is 1. The number of rotatable bonds is 3. The molecule has 1 aromatic carbocycles. The minimum absolute atomic E-state index is 0.0265. The van der Waals surface area contributed by atoms with Crippen LogP contribution in [0.3, 0.4) is 0 Å². The van der Waals surface area contributed by atoms with Crippen LogP contribution in [0.4, 0.5) is 0 Å². The van der Waals surface area contributed by atoms with Crippen molar-refractivity contribution in [2.45, 2.75) is 31.7 Å². The highest BCUT2D eigenvalue weighted by molar-refractivity contribution is 5.89. The second-order valence-electron chi connectivity index (χ2n) is 4.89. The van der Waals surface area contributed by atoms with Crippen LogP contribution < -0.4 is 0 Å². The maximum atomic E-state index is 11.3. The van der Waals surface area contributed by atoms with Crippen molar-refractivity contribution in [2.75, 3.05) is 6.61 Å². The summed E-state index contributed by atoms with van der Waals surface area (Å²) in [5, 5.41) is 10.4. The first-order chi connectivity index (χ1) is 8.86. The summed E-state index contributed by atoms with van der Waals surface area (Å²) in [6.07, 6.45) is 4.09. The molecule has 1 aliphatic carbocycles. The van der Waals surface area contributed by atoms with Crippen molar-refractivity contribution in [1.82, 2.24) is 4.57 Å². The Morgan fingerprint density at radius 2 is 2.22 bits per heavy atom. The SMILES string of the molecule is O=CC1CCCc2c1c1ccccc1n2CCO. The molecule has 0 spiro atoms. The number of para-hydroxylation sites is 1. The van der Waals surface area contributed by atoms with Crippen LogP contribution in [0, 0.1) is 0 Å². The van der Waals surface area contributed by atoms with E-state index in [2.05, 4.69) is 16.7 Å². The van der Waals surface area contributed by atoms with E-state index in [1.54, 1.807) is 0 Å². The number of fused-ring (bicyclic) bond motifs is 3. The predicted octanol–water partition coefficient (Wildman–Crippen LogP) is 2.25. The molecule has 0 amide bonds. The zero-order chi connectivity index (χ0) is 12.5. The highest BCUT2D eigenvalue weighted by atomic mass is 16.3. The van der Waals surface area contributed by atoms with Gasteiger partial charge < -0.3 is 14.5 Å². The second kappa shape index (κ2) is 4.58. The third kappa shape index (κ3) is 1.58. The van der Waals surface area contributed by atoms with Crippen molar-refractivity contribution >= 4 is 17.2 Å². The largest absolute Gasteiger partial charge is 0.395 e. The topological polar surface area (TPSA) is 42.2 Å². The van der Waals surface area contributed by atoms with Crippen molar-refractivity contribution < 1.29 is 9.90 Å². The van der Waals surface area contributed by atoms with Crippen LogP contribution in [-0.4, -0.2) is 22.6 Å². The lowest BCUT2D eigenvalue weighted by atomic mass is 9.86. The number of aliphatic hydroxyl groups excluding tert-OH is 1. The van der Waals surface area contributed by atoms with Crippen LogP contribution in [0.5, 0.6) is 0 Å². The maximum absolute atomic E-state index is 11.3. The molecule has 3 rings (SSSR count). The van der Waals surface area contributed by atoms with Gasteiger partial charge >= 0.3 is 0 Å². The summed E-state index contributed by atoms with van der Waals surface area (Å²) >= 11 is 0. The Bertz CT molecular complexity index is 585. The van der Waals surface area contributed by atoms with Gasteiger partial charge in [0.25, 0.3) is 0 Å². The highest BCUT2D eigenvalue weighted by Crippen LogP contribution is 2.38. The van der Waals surface area contributed by atoms with E-state index in [0.717, 1.165) is 31.1 Å². The van der Waals surface area contributed by atoms with Gasteiger partial charge in [0.2, 0.25) is 0 Å². The molecule has 3 heteroatoms. The van der Waals surface area contributed by atoms with Gasteiger partial charge in [0.15, 0.2) is 0 Å².